The molecule has 1 aliphatic heterocycles. The number of anilines is 1. The van der Waals surface area contributed by atoms with E-state index in [1.165, 1.54) is 16.4 Å². The molecule has 32 heavy (non-hydrogen) atoms. The van der Waals surface area contributed by atoms with Crippen LogP contribution in [0.5, 0.6) is 0 Å². The van der Waals surface area contributed by atoms with Crippen LogP contribution in [0.15, 0.2) is 58.0 Å². The van der Waals surface area contributed by atoms with Crippen molar-refractivity contribution in [3.05, 3.63) is 64.6 Å². The number of hydrogen-bond donors (Lipinski definition) is 1. The van der Waals surface area contributed by atoms with Crippen LogP contribution in [-0.2, 0) is 14.8 Å². The van der Waals surface area contributed by atoms with E-state index in [0.29, 0.717) is 30.2 Å². The number of nitrogens with zero attached hydrogens (tertiary/aromatic N) is 2. The molecule has 168 valence electrons. The van der Waals surface area contributed by atoms with Crippen LogP contribution in [0.1, 0.15) is 18.7 Å². The molecule has 0 saturated carbocycles. The third kappa shape index (κ3) is 4.68. The molecule has 0 bridgehead atoms. The number of carbonyl (C=O) groups excluding carboxylic acids is 1. The lowest BCUT2D eigenvalue weighted by molar-refractivity contribution is -0.120. The van der Waals surface area contributed by atoms with Gasteiger partial charge in [0, 0.05) is 37.2 Å². The summed E-state index contributed by atoms with van der Waals surface area (Å²) in [5, 5.41) is 3.07. The first-order chi connectivity index (χ1) is 15.3. The number of hydrogen-bond acceptors (Lipinski definition) is 5. The summed E-state index contributed by atoms with van der Waals surface area (Å²) in [5.74, 6) is 0.816. The summed E-state index contributed by atoms with van der Waals surface area (Å²) < 4.78 is 32.8. The Balaban J connectivity index is 1.37. The molecule has 7 nitrogen and oxygen atoms in total. The number of aryl methyl sites for hydroxylation is 1. The predicted octanol–water partition coefficient (Wildman–Crippen LogP) is 5.00. The molecule has 1 aliphatic rings. The molecule has 2 aromatic carbocycles. The number of benzene rings is 2. The molecule has 0 aliphatic carbocycles. The molecule has 1 N–H and O–H groups in total. The third-order valence-electron chi connectivity index (χ3n) is 5.40. The summed E-state index contributed by atoms with van der Waals surface area (Å²) in [5.41, 5.74) is 1.52. The van der Waals surface area contributed by atoms with Gasteiger partial charge in [0.05, 0.1) is 16.2 Å². The fourth-order valence-electron chi connectivity index (χ4n) is 3.67. The van der Waals surface area contributed by atoms with E-state index in [4.69, 9.17) is 27.6 Å². The van der Waals surface area contributed by atoms with Crippen molar-refractivity contribution < 1.29 is 17.6 Å². The zero-order valence-corrected chi connectivity index (χ0v) is 19.5. The van der Waals surface area contributed by atoms with Gasteiger partial charge < -0.3 is 9.73 Å². The number of nitrogens with one attached hydrogen (secondary N) is 1. The van der Waals surface area contributed by atoms with Crippen molar-refractivity contribution in [2.24, 2.45) is 5.92 Å². The molecule has 1 saturated heterocycles. The van der Waals surface area contributed by atoms with Crippen LogP contribution in [0.25, 0.3) is 11.3 Å². The van der Waals surface area contributed by atoms with Crippen LogP contribution in [-0.4, -0.2) is 36.7 Å². The first kappa shape index (κ1) is 22.8. The Kier molecular flexibility index (Phi) is 6.57. The van der Waals surface area contributed by atoms with E-state index in [9.17, 15) is 13.2 Å². The second-order valence-electron chi connectivity index (χ2n) is 7.54. The lowest BCUT2D eigenvalue weighted by Gasteiger charge is -2.31. The van der Waals surface area contributed by atoms with Gasteiger partial charge in [-0.05, 0) is 49.2 Å². The van der Waals surface area contributed by atoms with Gasteiger partial charge >= 0.3 is 0 Å². The van der Waals surface area contributed by atoms with Crippen molar-refractivity contribution in [1.29, 1.82) is 0 Å². The number of sulfonamides is 1. The van der Waals surface area contributed by atoms with Gasteiger partial charge in [0.25, 0.3) is 0 Å². The van der Waals surface area contributed by atoms with Crippen LogP contribution in [0.4, 0.5) is 5.69 Å². The number of piperidine rings is 1. The minimum absolute atomic E-state index is 0.0845. The van der Waals surface area contributed by atoms with Gasteiger partial charge in [-0.2, -0.15) is 4.31 Å². The normalized spacial score (nSPS) is 15.6. The number of halogens is 2. The van der Waals surface area contributed by atoms with Gasteiger partial charge in [0.15, 0.2) is 11.7 Å². The Labute approximate surface area is 196 Å². The number of amides is 1. The molecule has 1 amide bonds. The van der Waals surface area contributed by atoms with E-state index in [-0.39, 0.29) is 39.9 Å². The van der Waals surface area contributed by atoms with Gasteiger partial charge in [-0.15, -0.1) is 0 Å². The molecular formula is C22H21Cl2N3O4S. The molecule has 3 aromatic rings. The van der Waals surface area contributed by atoms with Crippen LogP contribution in [0.3, 0.4) is 0 Å². The van der Waals surface area contributed by atoms with Crippen molar-refractivity contribution in [1.82, 2.24) is 9.29 Å². The summed E-state index contributed by atoms with van der Waals surface area (Å²) in [6.45, 7) is 2.20. The maximum Gasteiger partial charge on any atom is 0.246 e. The largest absolute Gasteiger partial charge is 0.441 e. The molecule has 10 heteroatoms. The van der Waals surface area contributed by atoms with Gasteiger partial charge in [-0.25, -0.2) is 13.4 Å². The fraction of sp³-hybridized carbons (Fsp3) is 0.273. The Morgan fingerprint density at radius 3 is 2.28 bits per heavy atom. The summed E-state index contributed by atoms with van der Waals surface area (Å²) in [7, 11) is -3.84. The summed E-state index contributed by atoms with van der Waals surface area (Å²) >= 11 is 12.2. The van der Waals surface area contributed by atoms with Crippen molar-refractivity contribution in [3.8, 4) is 11.3 Å². The van der Waals surface area contributed by atoms with Gasteiger partial charge in [-0.3, -0.25) is 4.79 Å². The van der Waals surface area contributed by atoms with Crippen LogP contribution < -0.4 is 5.32 Å². The van der Waals surface area contributed by atoms with Crippen molar-refractivity contribution in [2.45, 2.75) is 24.7 Å². The van der Waals surface area contributed by atoms with E-state index >= 15 is 0 Å². The second kappa shape index (κ2) is 9.23. The Hall–Kier alpha value is -2.39. The SMILES string of the molecule is Cc1ncc(-c2ccc(NC(=O)C3CCN(S(=O)(=O)c4c(Cl)cccc4Cl)CC3)cc2)o1. The van der Waals surface area contributed by atoms with Gasteiger partial charge in [-0.1, -0.05) is 29.3 Å². The first-order valence-corrected chi connectivity index (χ1v) is 12.2. The molecule has 4 rings (SSSR count). The van der Waals surface area contributed by atoms with Crippen molar-refractivity contribution >= 4 is 44.8 Å². The van der Waals surface area contributed by atoms with Gasteiger partial charge in [0.1, 0.15) is 4.90 Å². The number of rotatable bonds is 5. The minimum atomic E-state index is -3.84. The summed E-state index contributed by atoms with van der Waals surface area (Å²) in [6.07, 6.45) is 2.46. The minimum Gasteiger partial charge on any atom is -0.441 e. The Morgan fingerprint density at radius 1 is 1.09 bits per heavy atom. The van der Waals surface area contributed by atoms with Crippen molar-refractivity contribution in [2.75, 3.05) is 18.4 Å². The quantitative estimate of drug-likeness (QED) is 0.539. The zero-order valence-electron chi connectivity index (χ0n) is 17.2. The van der Waals surface area contributed by atoms with E-state index in [0.717, 1.165) is 5.56 Å². The molecule has 0 spiro atoms. The predicted molar refractivity (Wildman–Crippen MR) is 123 cm³/mol. The topological polar surface area (TPSA) is 92.5 Å². The highest BCUT2D eigenvalue weighted by Crippen LogP contribution is 2.33. The lowest BCUT2D eigenvalue weighted by Crippen LogP contribution is -2.41. The van der Waals surface area contributed by atoms with Gasteiger partial charge in [0.2, 0.25) is 15.9 Å². The van der Waals surface area contributed by atoms with Crippen LogP contribution in [0, 0.1) is 12.8 Å². The van der Waals surface area contributed by atoms with Crippen LogP contribution in [0.2, 0.25) is 10.0 Å². The molecule has 1 fully saturated rings. The van der Waals surface area contributed by atoms with E-state index < -0.39 is 10.0 Å². The highest BCUT2D eigenvalue weighted by molar-refractivity contribution is 7.89. The van der Waals surface area contributed by atoms with E-state index in [1.807, 2.05) is 12.1 Å². The molecule has 1 aromatic heterocycles. The standard InChI is InChI=1S/C22H21Cl2N3O4S/c1-14-25-13-20(31-14)15-5-7-17(8-6-15)26-22(28)16-9-11-27(12-10-16)32(29,30)21-18(23)3-2-4-19(21)24/h2-8,13,16H,9-12H2,1H3,(H,26,28). The summed E-state index contributed by atoms with van der Waals surface area (Å²) in [4.78, 5) is 16.7. The highest BCUT2D eigenvalue weighted by atomic mass is 35.5. The first-order valence-electron chi connectivity index (χ1n) is 10.0. The number of aromatic nitrogens is 1. The van der Waals surface area contributed by atoms with Crippen molar-refractivity contribution in [3.63, 3.8) is 0 Å². The third-order valence-corrected chi connectivity index (χ3v) is 8.25. The molecular weight excluding hydrogens is 473 g/mol. The average molecular weight is 494 g/mol. The number of oxazole rings is 1. The van der Waals surface area contributed by atoms with E-state index in [2.05, 4.69) is 10.3 Å². The maximum atomic E-state index is 13.0. The number of carbonyl (C=O) groups is 1. The Morgan fingerprint density at radius 2 is 1.72 bits per heavy atom. The maximum absolute atomic E-state index is 13.0. The lowest BCUT2D eigenvalue weighted by atomic mass is 9.97. The van der Waals surface area contributed by atoms with Crippen LogP contribution >= 0.6 is 23.2 Å². The molecule has 0 atom stereocenters. The molecule has 0 radical (unpaired) electrons. The van der Waals surface area contributed by atoms with E-state index in [1.54, 1.807) is 31.3 Å². The Bertz CT molecular complexity index is 1210. The smallest absolute Gasteiger partial charge is 0.246 e. The second-order valence-corrected chi connectivity index (χ2v) is 10.2. The molecule has 2 heterocycles. The average Bonchev–Trinajstić information content (AvgIpc) is 3.20. The monoisotopic (exact) mass is 493 g/mol. The highest BCUT2D eigenvalue weighted by Gasteiger charge is 2.34. The zero-order chi connectivity index (χ0) is 22.9. The molecule has 0 unspecified atom stereocenters. The fourth-order valence-corrected chi connectivity index (χ4v) is 6.23. The summed E-state index contributed by atoms with van der Waals surface area (Å²) in [6, 6.07) is 11.9.